The monoisotopic (exact) mass is 232 g/mol. The van der Waals surface area contributed by atoms with Gasteiger partial charge in [-0.15, -0.1) is 0 Å². The molecule has 88 valence electrons. The second-order valence-electron chi connectivity index (χ2n) is 4.77. The zero-order valence-corrected chi connectivity index (χ0v) is 10.1. The molecule has 15 heavy (non-hydrogen) atoms. The van der Waals surface area contributed by atoms with Gasteiger partial charge in [-0.05, 0) is 26.3 Å². The Labute approximate surface area is 91.9 Å². The minimum absolute atomic E-state index is 0.197. The van der Waals surface area contributed by atoms with Gasteiger partial charge in [-0.3, -0.25) is 0 Å². The van der Waals surface area contributed by atoms with E-state index < -0.39 is 9.84 Å². The summed E-state index contributed by atoms with van der Waals surface area (Å²) in [5.74, 6) is 0.698. The molecule has 1 N–H and O–H groups in total. The lowest BCUT2D eigenvalue weighted by Crippen LogP contribution is -2.37. The molecule has 5 heteroatoms. The van der Waals surface area contributed by atoms with Crippen LogP contribution in [0.5, 0.6) is 0 Å². The number of likely N-dealkylation sites (N-methyl/N-ethyl adjacent to an activating group) is 1. The third kappa shape index (κ3) is 3.43. The second kappa shape index (κ2) is 4.39. The number of nitrogens with zero attached hydrogens (tertiary/aromatic N) is 1. The third-order valence-electron chi connectivity index (χ3n) is 3.30. The Balaban J connectivity index is 1.62. The average Bonchev–Trinajstić information content (AvgIpc) is 2.92. The molecule has 1 atom stereocenters. The fourth-order valence-electron chi connectivity index (χ4n) is 2.10. The molecule has 4 nitrogen and oxygen atoms in total. The Morgan fingerprint density at radius 1 is 1.33 bits per heavy atom. The van der Waals surface area contributed by atoms with Crippen molar-refractivity contribution in [3.8, 4) is 0 Å². The Kier molecular flexibility index (Phi) is 3.33. The molecule has 1 heterocycles. The smallest absolute Gasteiger partial charge is 0.151 e. The van der Waals surface area contributed by atoms with E-state index in [1.165, 1.54) is 12.8 Å². The van der Waals surface area contributed by atoms with E-state index in [1.807, 2.05) is 0 Å². The molecular weight excluding hydrogens is 212 g/mol. The topological polar surface area (TPSA) is 49.4 Å². The average molecular weight is 232 g/mol. The highest BCUT2D eigenvalue weighted by Crippen LogP contribution is 2.24. The van der Waals surface area contributed by atoms with E-state index in [2.05, 4.69) is 17.3 Å². The summed E-state index contributed by atoms with van der Waals surface area (Å²) in [6, 6.07) is 0.988. The van der Waals surface area contributed by atoms with Crippen LogP contribution in [0.3, 0.4) is 0 Å². The van der Waals surface area contributed by atoms with Crippen LogP contribution in [0.4, 0.5) is 0 Å². The van der Waals surface area contributed by atoms with Gasteiger partial charge in [-0.1, -0.05) is 0 Å². The van der Waals surface area contributed by atoms with Gasteiger partial charge in [0.05, 0.1) is 11.5 Å². The minimum Gasteiger partial charge on any atom is -0.312 e. The van der Waals surface area contributed by atoms with Crippen LogP contribution in [-0.4, -0.2) is 57.0 Å². The lowest BCUT2D eigenvalue weighted by molar-refractivity contribution is 0.316. The van der Waals surface area contributed by atoms with Crippen molar-refractivity contribution in [3.05, 3.63) is 0 Å². The minimum atomic E-state index is -2.73. The normalized spacial score (nSPS) is 29.9. The maximum absolute atomic E-state index is 11.2. The van der Waals surface area contributed by atoms with Gasteiger partial charge in [0, 0.05) is 25.2 Å². The molecule has 0 bridgehead atoms. The largest absolute Gasteiger partial charge is 0.312 e. The highest BCUT2D eigenvalue weighted by Gasteiger charge is 2.28. The molecule has 0 aromatic carbocycles. The van der Waals surface area contributed by atoms with Crippen molar-refractivity contribution in [2.24, 2.45) is 0 Å². The van der Waals surface area contributed by atoms with Crippen molar-refractivity contribution in [1.29, 1.82) is 0 Å². The molecule has 2 rings (SSSR count). The van der Waals surface area contributed by atoms with Crippen LogP contribution in [-0.2, 0) is 9.84 Å². The van der Waals surface area contributed by atoms with Crippen molar-refractivity contribution in [2.75, 3.05) is 31.6 Å². The first-order valence-corrected chi connectivity index (χ1v) is 7.53. The summed E-state index contributed by atoms with van der Waals surface area (Å²) in [4.78, 5) is 2.36. The van der Waals surface area contributed by atoms with Crippen molar-refractivity contribution < 1.29 is 8.42 Å². The highest BCUT2D eigenvalue weighted by molar-refractivity contribution is 7.91. The van der Waals surface area contributed by atoms with Gasteiger partial charge >= 0.3 is 0 Å². The van der Waals surface area contributed by atoms with Crippen LogP contribution in [0.25, 0.3) is 0 Å². The van der Waals surface area contributed by atoms with E-state index in [4.69, 9.17) is 0 Å². The quantitative estimate of drug-likeness (QED) is 0.716. The third-order valence-corrected chi connectivity index (χ3v) is 5.07. The number of hydrogen-bond acceptors (Lipinski definition) is 4. The Morgan fingerprint density at radius 3 is 2.60 bits per heavy atom. The van der Waals surface area contributed by atoms with Gasteiger partial charge in [0.15, 0.2) is 9.84 Å². The van der Waals surface area contributed by atoms with Gasteiger partial charge < -0.3 is 10.2 Å². The van der Waals surface area contributed by atoms with Crippen LogP contribution in [0.15, 0.2) is 0 Å². The first-order chi connectivity index (χ1) is 7.07. The fourth-order valence-corrected chi connectivity index (χ4v) is 3.81. The van der Waals surface area contributed by atoms with E-state index in [0.29, 0.717) is 11.5 Å². The number of rotatable bonds is 5. The van der Waals surface area contributed by atoms with Crippen LogP contribution in [0, 0.1) is 0 Å². The Morgan fingerprint density at radius 2 is 2.07 bits per heavy atom. The van der Waals surface area contributed by atoms with Crippen LogP contribution >= 0.6 is 0 Å². The molecule has 0 radical (unpaired) electrons. The number of nitrogens with one attached hydrogen (secondary N) is 1. The summed E-state index contributed by atoms with van der Waals surface area (Å²) >= 11 is 0. The van der Waals surface area contributed by atoms with Crippen molar-refractivity contribution in [1.82, 2.24) is 10.2 Å². The lowest BCUT2D eigenvalue weighted by atomic mass is 10.2. The zero-order chi connectivity index (χ0) is 10.9. The van der Waals surface area contributed by atoms with Crippen molar-refractivity contribution >= 4 is 9.84 Å². The molecule has 0 aromatic rings. The van der Waals surface area contributed by atoms with Gasteiger partial charge in [0.2, 0.25) is 0 Å². The van der Waals surface area contributed by atoms with Crippen LogP contribution < -0.4 is 5.32 Å². The number of sulfone groups is 1. The molecule has 1 aliphatic carbocycles. The summed E-state index contributed by atoms with van der Waals surface area (Å²) in [5.41, 5.74) is 0. The molecule has 1 aliphatic heterocycles. The standard InChI is InChI=1S/C10H20N2O2S/c1-12(10-2-3-10)6-5-11-9-4-7-15(13,14)8-9/h9-11H,2-8H2,1H3. The molecule has 2 fully saturated rings. The summed E-state index contributed by atoms with van der Waals surface area (Å²) in [6.45, 7) is 1.94. The van der Waals surface area contributed by atoms with Gasteiger partial charge in [-0.2, -0.15) is 0 Å². The molecule has 0 aromatic heterocycles. The first-order valence-electron chi connectivity index (χ1n) is 5.71. The van der Waals surface area contributed by atoms with E-state index in [1.54, 1.807) is 0 Å². The lowest BCUT2D eigenvalue weighted by Gasteiger charge is -2.17. The maximum atomic E-state index is 11.2. The second-order valence-corrected chi connectivity index (χ2v) is 6.99. The molecule has 1 saturated carbocycles. The Hall–Kier alpha value is -0.130. The van der Waals surface area contributed by atoms with Crippen LogP contribution in [0.2, 0.25) is 0 Å². The molecule has 0 spiro atoms. The van der Waals surface area contributed by atoms with E-state index in [-0.39, 0.29) is 6.04 Å². The summed E-state index contributed by atoms with van der Waals surface area (Å²) in [7, 11) is -0.583. The van der Waals surface area contributed by atoms with Crippen LogP contribution in [0.1, 0.15) is 19.3 Å². The van der Waals surface area contributed by atoms with E-state index in [9.17, 15) is 8.42 Å². The molecule has 1 unspecified atom stereocenters. The predicted octanol–water partition coefficient (Wildman–Crippen LogP) is -0.143. The first kappa shape index (κ1) is 11.4. The molecular formula is C10H20N2O2S. The zero-order valence-electron chi connectivity index (χ0n) is 9.28. The summed E-state index contributed by atoms with van der Waals surface area (Å²) in [6.07, 6.45) is 3.44. The summed E-state index contributed by atoms with van der Waals surface area (Å²) in [5, 5.41) is 3.33. The number of hydrogen-bond donors (Lipinski definition) is 1. The maximum Gasteiger partial charge on any atom is 0.151 e. The predicted molar refractivity (Wildman–Crippen MR) is 60.7 cm³/mol. The SMILES string of the molecule is CN(CCNC1CCS(=O)(=O)C1)C1CC1. The van der Waals surface area contributed by atoms with Gasteiger partial charge in [0.1, 0.15) is 0 Å². The van der Waals surface area contributed by atoms with E-state index in [0.717, 1.165) is 25.6 Å². The van der Waals surface area contributed by atoms with E-state index >= 15 is 0 Å². The van der Waals surface area contributed by atoms with Crippen molar-refractivity contribution in [3.63, 3.8) is 0 Å². The molecule has 2 aliphatic rings. The molecule has 0 amide bonds. The Bertz CT molecular complexity index is 311. The van der Waals surface area contributed by atoms with Crippen molar-refractivity contribution in [2.45, 2.75) is 31.3 Å². The van der Waals surface area contributed by atoms with Gasteiger partial charge in [-0.25, -0.2) is 8.42 Å². The summed E-state index contributed by atoms with van der Waals surface area (Å²) < 4.78 is 22.4. The fraction of sp³-hybridized carbons (Fsp3) is 1.00. The van der Waals surface area contributed by atoms with Gasteiger partial charge in [0.25, 0.3) is 0 Å². The molecule has 1 saturated heterocycles. The highest BCUT2D eigenvalue weighted by atomic mass is 32.2.